The molecule has 0 spiro atoms. The van der Waals surface area contributed by atoms with E-state index >= 15 is 0 Å². The number of carbonyl (C=O) groups is 1. The van der Waals surface area contributed by atoms with Crippen molar-refractivity contribution >= 4 is 28.4 Å². The third-order valence-electron chi connectivity index (χ3n) is 1.65. The smallest absolute Gasteiger partial charge is 0.252 e. The van der Waals surface area contributed by atoms with Crippen molar-refractivity contribution in [1.29, 1.82) is 0 Å². The van der Waals surface area contributed by atoms with Gasteiger partial charge in [-0.3, -0.25) is 4.79 Å². The molecule has 0 aromatic heterocycles. The molecule has 0 N–H and O–H groups in total. The van der Waals surface area contributed by atoms with Crippen molar-refractivity contribution in [3.05, 3.63) is 35.1 Å². The van der Waals surface area contributed by atoms with E-state index < -0.39 is 11.1 Å². The standard InChI is InChI=1S/C9H7Cl2FO/c10-4-3-6-1-2-7(12)5-8(6)9(11)13/h1-2,5H,3-4H2. The molecule has 1 rings (SSSR count). The van der Waals surface area contributed by atoms with Crippen molar-refractivity contribution in [1.82, 2.24) is 0 Å². The average molecular weight is 221 g/mol. The Kier molecular flexibility index (Phi) is 3.70. The van der Waals surface area contributed by atoms with Crippen LogP contribution in [0.1, 0.15) is 15.9 Å². The Morgan fingerprint density at radius 3 is 2.69 bits per heavy atom. The molecule has 0 radical (unpaired) electrons. The zero-order chi connectivity index (χ0) is 9.84. The van der Waals surface area contributed by atoms with Crippen molar-refractivity contribution < 1.29 is 9.18 Å². The Morgan fingerprint density at radius 1 is 1.46 bits per heavy atom. The third kappa shape index (κ3) is 2.68. The Bertz CT molecular complexity index is 325. The maximum atomic E-state index is 12.7. The SMILES string of the molecule is O=C(Cl)c1cc(F)ccc1CCCl. The lowest BCUT2D eigenvalue weighted by Crippen LogP contribution is -1.99. The summed E-state index contributed by atoms with van der Waals surface area (Å²) in [7, 11) is 0. The molecule has 0 saturated heterocycles. The van der Waals surface area contributed by atoms with Gasteiger partial charge in [0.05, 0.1) is 0 Å². The molecular weight excluding hydrogens is 214 g/mol. The van der Waals surface area contributed by atoms with E-state index in [1.165, 1.54) is 12.1 Å². The number of alkyl halides is 1. The van der Waals surface area contributed by atoms with E-state index in [1.54, 1.807) is 0 Å². The van der Waals surface area contributed by atoms with Gasteiger partial charge in [0.15, 0.2) is 0 Å². The van der Waals surface area contributed by atoms with E-state index in [0.29, 0.717) is 17.9 Å². The number of halogens is 3. The molecule has 0 aliphatic rings. The van der Waals surface area contributed by atoms with E-state index in [-0.39, 0.29) is 5.56 Å². The van der Waals surface area contributed by atoms with Gasteiger partial charge in [-0.2, -0.15) is 0 Å². The maximum absolute atomic E-state index is 12.7. The number of benzene rings is 1. The highest BCUT2D eigenvalue weighted by Crippen LogP contribution is 2.14. The van der Waals surface area contributed by atoms with Crippen molar-refractivity contribution in [2.45, 2.75) is 6.42 Å². The first-order valence-corrected chi connectivity index (χ1v) is 4.60. The van der Waals surface area contributed by atoms with Crippen molar-refractivity contribution in [3.8, 4) is 0 Å². The van der Waals surface area contributed by atoms with Gasteiger partial charge in [0, 0.05) is 11.4 Å². The fourth-order valence-electron chi connectivity index (χ4n) is 1.05. The molecular formula is C9H7Cl2FO. The Balaban J connectivity index is 3.10. The van der Waals surface area contributed by atoms with Crippen molar-refractivity contribution in [2.24, 2.45) is 0 Å². The second-order valence-electron chi connectivity index (χ2n) is 2.51. The molecule has 0 atom stereocenters. The Morgan fingerprint density at radius 2 is 2.15 bits per heavy atom. The molecule has 0 bridgehead atoms. The van der Waals surface area contributed by atoms with Crippen LogP contribution >= 0.6 is 23.2 Å². The van der Waals surface area contributed by atoms with Gasteiger partial charge < -0.3 is 0 Å². The number of aryl methyl sites for hydroxylation is 1. The molecule has 1 aromatic carbocycles. The monoisotopic (exact) mass is 220 g/mol. The zero-order valence-corrected chi connectivity index (χ0v) is 8.20. The van der Waals surface area contributed by atoms with E-state index in [2.05, 4.69) is 0 Å². The molecule has 0 fully saturated rings. The minimum atomic E-state index is -0.653. The first-order valence-electron chi connectivity index (χ1n) is 3.69. The van der Waals surface area contributed by atoms with Gasteiger partial charge in [-0.15, -0.1) is 11.6 Å². The van der Waals surface area contributed by atoms with Crippen LogP contribution in [0.5, 0.6) is 0 Å². The summed E-state index contributed by atoms with van der Waals surface area (Å²) >= 11 is 10.8. The van der Waals surface area contributed by atoms with Crippen LogP contribution in [-0.2, 0) is 6.42 Å². The van der Waals surface area contributed by atoms with Crippen LogP contribution in [0, 0.1) is 5.82 Å². The van der Waals surface area contributed by atoms with Crippen LogP contribution in [0.25, 0.3) is 0 Å². The summed E-state index contributed by atoms with van der Waals surface area (Å²) in [6, 6.07) is 3.93. The Labute approximate surface area is 85.5 Å². The third-order valence-corrected chi connectivity index (χ3v) is 2.04. The molecule has 1 nitrogen and oxygen atoms in total. The molecule has 0 unspecified atom stereocenters. The minimum Gasteiger partial charge on any atom is -0.276 e. The van der Waals surface area contributed by atoms with Crippen LogP contribution in [0.15, 0.2) is 18.2 Å². The summed E-state index contributed by atoms with van der Waals surface area (Å²) < 4.78 is 12.7. The summed E-state index contributed by atoms with van der Waals surface area (Å²) in [4.78, 5) is 10.8. The lowest BCUT2D eigenvalue weighted by Gasteiger charge is -2.03. The summed E-state index contributed by atoms with van der Waals surface area (Å²) in [5.74, 6) is -0.0923. The van der Waals surface area contributed by atoms with Gasteiger partial charge in [-0.05, 0) is 35.7 Å². The fraction of sp³-hybridized carbons (Fsp3) is 0.222. The van der Waals surface area contributed by atoms with Crippen LogP contribution in [0.4, 0.5) is 4.39 Å². The average Bonchev–Trinajstić information content (AvgIpc) is 2.08. The molecule has 1 aromatic rings. The molecule has 4 heteroatoms. The first kappa shape index (κ1) is 10.5. The predicted molar refractivity (Wildman–Crippen MR) is 51.0 cm³/mol. The van der Waals surface area contributed by atoms with Crippen LogP contribution in [-0.4, -0.2) is 11.1 Å². The van der Waals surface area contributed by atoms with Gasteiger partial charge >= 0.3 is 0 Å². The Hall–Kier alpha value is -0.600. The van der Waals surface area contributed by atoms with Gasteiger partial charge in [0.2, 0.25) is 0 Å². The highest BCUT2D eigenvalue weighted by atomic mass is 35.5. The summed E-state index contributed by atoms with van der Waals surface area (Å²) in [6.07, 6.45) is 0.510. The van der Waals surface area contributed by atoms with Crippen LogP contribution < -0.4 is 0 Å². The summed E-state index contributed by atoms with van der Waals surface area (Å²) in [6.45, 7) is 0. The zero-order valence-electron chi connectivity index (χ0n) is 6.69. The fourth-order valence-corrected chi connectivity index (χ4v) is 1.43. The summed E-state index contributed by atoms with van der Waals surface area (Å²) in [5, 5.41) is -0.653. The molecule has 0 saturated carbocycles. The lowest BCUT2D eigenvalue weighted by atomic mass is 10.1. The topological polar surface area (TPSA) is 17.1 Å². The maximum Gasteiger partial charge on any atom is 0.252 e. The highest BCUT2D eigenvalue weighted by Gasteiger charge is 2.09. The van der Waals surface area contributed by atoms with E-state index in [1.807, 2.05) is 0 Å². The van der Waals surface area contributed by atoms with Gasteiger partial charge in [-0.25, -0.2) is 4.39 Å². The quantitative estimate of drug-likeness (QED) is 0.566. The largest absolute Gasteiger partial charge is 0.276 e. The number of rotatable bonds is 3. The van der Waals surface area contributed by atoms with Crippen molar-refractivity contribution in [2.75, 3.05) is 5.88 Å². The second-order valence-corrected chi connectivity index (χ2v) is 3.24. The molecule has 13 heavy (non-hydrogen) atoms. The summed E-state index contributed by atoms with van der Waals surface area (Å²) in [5.41, 5.74) is 0.874. The van der Waals surface area contributed by atoms with Crippen molar-refractivity contribution in [3.63, 3.8) is 0 Å². The highest BCUT2D eigenvalue weighted by molar-refractivity contribution is 6.67. The van der Waals surface area contributed by atoms with Crippen LogP contribution in [0.2, 0.25) is 0 Å². The van der Waals surface area contributed by atoms with E-state index in [0.717, 1.165) is 6.07 Å². The van der Waals surface area contributed by atoms with E-state index in [4.69, 9.17) is 23.2 Å². The lowest BCUT2D eigenvalue weighted by molar-refractivity contribution is 0.108. The first-order chi connectivity index (χ1) is 6.15. The number of hydrogen-bond acceptors (Lipinski definition) is 1. The van der Waals surface area contributed by atoms with Crippen LogP contribution in [0.3, 0.4) is 0 Å². The molecule has 0 amide bonds. The molecule has 0 aliphatic carbocycles. The number of hydrogen-bond donors (Lipinski definition) is 0. The van der Waals surface area contributed by atoms with E-state index in [9.17, 15) is 9.18 Å². The molecule has 0 aliphatic heterocycles. The van der Waals surface area contributed by atoms with Gasteiger partial charge in [0.25, 0.3) is 5.24 Å². The normalized spacial score (nSPS) is 10.1. The van der Waals surface area contributed by atoms with Gasteiger partial charge in [0.1, 0.15) is 5.82 Å². The second kappa shape index (κ2) is 4.58. The van der Waals surface area contributed by atoms with Gasteiger partial charge in [-0.1, -0.05) is 6.07 Å². The number of carbonyl (C=O) groups excluding carboxylic acids is 1. The molecule has 70 valence electrons. The predicted octanol–water partition coefficient (Wildman–Crippen LogP) is 2.99. The minimum absolute atomic E-state index is 0.197. The molecule has 0 heterocycles.